The van der Waals surface area contributed by atoms with Crippen LogP contribution in [0.25, 0.3) is 0 Å². The maximum absolute atomic E-state index is 12.7. The van der Waals surface area contributed by atoms with E-state index in [1.165, 1.54) is 0 Å². The fourth-order valence-electron chi connectivity index (χ4n) is 2.18. The van der Waals surface area contributed by atoms with E-state index >= 15 is 0 Å². The largest absolute Gasteiger partial charge is 0.416 e. The molecule has 0 heterocycles. The Bertz CT molecular complexity index is 619. The monoisotopic (exact) mass is 348 g/mol. The number of carbonyl (C=O) groups excluding carboxylic acids is 2. The number of benzene rings is 1. The number of carbonyl (C=O) groups is 2. The lowest BCUT2D eigenvalue weighted by Gasteiger charge is -2.11. The van der Waals surface area contributed by atoms with Gasteiger partial charge in [-0.15, -0.1) is 0 Å². The van der Waals surface area contributed by atoms with E-state index in [0.29, 0.717) is 13.0 Å². The van der Waals surface area contributed by atoms with Gasteiger partial charge in [-0.05, 0) is 31.0 Å². The van der Waals surface area contributed by atoms with E-state index in [9.17, 15) is 22.8 Å². The quantitative estimate of drug-likeness (QED) is 0.856. The number of alkyl halides is 3. The van der Waals surface area contributed by atoms with Gasteiger partial charge in [-0.25, -0.2) is 0 Å². The summed E-state index contributed by atoms with van der Waals surface area (Å²) >= 11 is 5.82. The van der Waals surface area contributed by atoms with Gasteiger partial charge in [-0.1, -0.05) is 18.5 Å². The van der Waals surface area contributed by atoms with E-state index in [0.717, 1.165) is 24.6 Å². The Kier molecular flexibility index (Phi) is 5.19. The second kappa shape index (κ2) is 6.78. The molecule has 4 nitrogen and oxygen atoms in total. The highest BCUT2D eigenvalue weighted by Crippen LogP contribution is 2.40. The number of hydrogen-bond donors (Lipinski definition) is 2. The molecule has 2 N–H and O–H groups in total. The van der Waals surface area contributed by atoms with Crippen LogP contribution in [0, 0.1) is 11.8 Å². The van der Waals surface area contributed by atoms with Crippen LogP contribution in [0.4, 0.5) is 18.9 Å². The van der Waals surface area contributed by atoms with Crippen molar-refractivity contribution in [1.29, 1.82) is 0 Å². The highest BCUT2D eigenvalue weighted by Gasteiger charge is 2.48. The van der Waals surface area contributed by atoms with Crippen LogP contribution in [-0.4, -0.2) is 18.4 Å². The fourth-order valence-corrected chi connectivity index (χ4v) is 2.34. The van der Waals surface area contributed by atoms with Crippen LogP contribution in [-0.2, 0) is 15.8 Å². The Balaban J connectivity index is 2.00. The normalized spacial score (nSPS) is 20.0. The van der Waals surface area contributed by atoms with Crippen molar-refractivity contribution in [2.75, 3.05) is 11.9 Å². The molecule has 8 heteroatoms. The van der Waals surface area contributed by atoms with Crippen molar-refractivity contribution in [3.63, 3.8) is 0 Å². The number of halogens is 4. The lowest BCUT2D eigenvalue weighted by Crippen LogP contribution is -2.28. The molecule has 1 aromatic rings. The van der Waals surface area contributed by atoms with Gasteiger partial charge in [0.25, 0.3) is 0 Å². The maximum Gasteiger partial charge on any atom is 0.416 e. The van der Waals surface area contributed by atoms with E-state index in [1.54, 1.807) is 0 Å². The lowest BCUT2D eigenvalue weighted by atomic mass is 10.2. The Labute approximate surface area is 136 Å². The second-order valence-corrected chi connectivity index (χ2v) is 5.83. The average molecular weight is 349 g/mol. The minimum atomic E-state index is -4.52. The zero-order valence-corrected chi connectivity index (χ0v) is 13.1. The van der Waals surface area contributed by atoms with Crippen LogP contribution in [0.15, 0.2) is 18.2 Å². The topological polar surface area (TPSA) is 58.2 Å². The third kappa shape index (κ3) is 4.37. The summed E-state index contributed by atoms with van der Waals surface area (Å²) in [6.07, 6.45) is -3.35. The van der Waals surface area contributed by atoms with E-state index in [1.807, 2.05) is 6.92 Å². The van der Waals surface area contributed by atoms with Crippen LogP contribution in [0.1, 0.15) is 25.3 Å². The van der Waals surface area contributed by atoms with Crippen LogP contribution < -0.4 is 10.6 Å². The van der Waals surface area contributed by atoms with Gasteiger partial charge in [-0.2, -0.15) is 13.2 Å². The van der Waals surface area contributed by atoms with E-state index in [4.69, 9.17) is 11.6 Å². The van der Waals surface area contributed by atoms with Gasteiger partial charge in [0.15, 0.2) is 0 Å². The first-order valence-electron chi connectivity index (χ1n) is 7.19. The number of hydrogen-bond acceptors (Lipinski definition) is 2. The van der Waals surface area contributed by atoms with Crippen molar-refractivity contribution in [3.05, 3.63) is 28.8 Å². The smallest absolute Gasteiger partial charge is 0.356 e. The van der Waals surface area contributed by atoms with Crippen LogP contribution >= 0.6 is 11.6 Å². The summed E-state index contributed by atoms with van der Waals surface area (Å²) in [4.78, 5) is 23.8. The molecule has 0 radical (unpaired) electrons. The first-order chi connectivity index (χ1) is 10.7. The third-order valence-electron chi connectivity index (χ3n) is 3.56. The van der Waals surface area contributed by atoms with Crippen LogP contribution in [0.2, 0.25) is 5.02 Å². The standard InChI is InChI=1S/C15H16ClF3N2O2/c1-2-5-20-13(22)9-7-10(9)14(23)21-12-6-8(15(17,18)19)3-4-11(12)16/h3-4,6,9-10H,2,5,7H2,1H3,(H,20,22)(H,21,23). The predicted octanol–water partition coefficient (Wildman–Crippen LogP) is 3.46. The molecule has 2 atom stereocenters. The molecule has 0 aromatic heterocycles. The highest BCUT2D eigenvalue weighted by molar-refractivity contribution is 6.33. The summed E-state index contributed by atoms with van der Waals surface area (Å²) in [5.41, 5.74) is -1.00. The van der Waals surface area contributed by atoms with Crippen LogP contribution in [0.3, 0.4) is 0 Å². The SMILES string of the molecule is CCCNC(=O)C1CC1C(=O)Nc1cc(C(F)(F)F)ccc1Cl. The Morgan fingerprint density at radius 2 is 1.91 bits per heavy atom. The van der Waals surface area contributed by atoms with Gasteiger partial charge < -0.3 is 10.6 Å². The van der Waals surface area contributed by atoms with Gasteiger partial charge >= 0.3 is 6.18 Å². The molecule has 1 fully saturated rings. The number of rotatable bonds is 5. The molecule has 2 rings (SSSR count). The van der Waals surface area contributed by atoms with Gasteiger partial charge in [0.2, 0.25) is 11.8 Å². The molecule has 1 aliphatic carbocycles. The molecule has 0 bridgehead atoms. The Morgan fingerprint density at radius 1 is 1.26 bits per heavy atom. The summed E-state index contributed by atoms with van der Waals surface area (Å²) < 4.78 is 38.1. The van der Waals surface area contributed by atoms with Crippen molar-refractivity contribution < 1.29 is 22.8 Å². The molecular formula is C15H16ClF3N2O2. The van der Waals surface area contributed by atoms with Crippen molar-refractivity contribution in [2.45, 2.75) is 25.9 Å². The zero-order chi connectivity index (χ0) is 17.2. The first-order valence-corrected chi connectivity index (χ1v) is 7.57. The number of anilines is 1. The van der Waals surface area contributed by atoms with Gasteiger partial charge in [0.05, 0.1) is 28.1 Å². The van der Waals surface area contributed by atoms with Gasteiger partial charge in [0, 0.05) is 6.54 Å². The molecule has 0 aliphatic heterocycles. The molecule has 2 unspecified atom stereocenters. The van der Waals surface area contributed by atoms with Crippen molar-refractivity contribution in [2.24, 2.45) is 11.8 Å². The molecule has 2 amide bonds. The first kappa shape index (κ1) is 17.6. The van der Waals surface area contributed by atoms with Gasteiger partial charge in [-0.3, -0.25) is 9.59 Å². The summed E-state index contributed by atoms with van der Waals surface area (Å²) in [5, 5.41) is 5.08. The molecule has 126 valence electrons. The summed E-state index contributed by atoms with van der Waals surface area (Å²) in [7, 11) is 0. The molecule has 0 saturated heterocycles. The second-order valence-electron chi connectivity index (χ2n) is 5.42. The minimum absolute atomic E-state index is 0.0129. The predicted molar refractivity (Wildman–Crippen MR) is 80.0 cm³/mol. The summed E-state index contributed by atoms with van der Waals surface area (Å²) in [6.45, 7) is 2.44. The van der Waals surface area contributed by atoms with E-state index in [-0.39, 0.29) is 16.6 Å². The molecule has 1 aromatic carbocycles. The minimum Gasteiger partial charge on any atom is -0.356 e. The summed E-state index contributed by atoms with van der Waals surface area (Å²) in [6, 6.07) is 2.71. The van der Waals surface area contributed by atoms with E-state index in [2.05, 4.69) is 10.6 Å². The van der Waals surface area contributed by atoms with Crippen molar-refractivity contribution in [1.82, 2.24) is 5.32 Å². The Hall–Kier alpha value is -1.76. The lowest BCUT2D eigenvalue weighted by molar-refractivity contribution is -0.137. The van der Waals surface area contributed by atoms with Gasteiger partial charge in [0.1, 0.15) is 0 Å². The molecule has 23 heavy (non-hydrogen) atoms. The van der Waals surface area contributed by atoms with E-state index < -0.39 is 29.5 Å². The average Bonchev–Trinajstić information content (AvgIpc) is 3.26. The highest BCUT2D eigenvalue weighted by atomic mass is 35.5. The fraction of sp³-hybridized carbons (Fsp3) is 0.467. The third-order valence-corrected chi connectivity index (χ3v) is 3.89. The molecule has 0 spiro atoms. The maximum atomic E-state index is 12.7. The number of amides is 2. The van der Waals surface area contributed by atoms with Crippen molar-refractivity contribution in [3.8, 4) is 0 Å². The number of nitrogens with one attached hydrogen (secondary N) is 2. The molecule has 1 aliphatic rings. The molecular weight excluding hydrogens is 333 g/mol. The Morgan fingerprint density at radius 3 is 2.52 bits per heavy atom. The molecule has 1 saturated carbocycles. The zero-order valence-electron chi connectivity index (χ0n) is 12.3. The van der Waals surface area contributed by atoms with Crippen LogP contribution in [0.5, 0.6) is 0 Å². The van der Waals surface area contributed by atoms with Crippen molar-refractivity contribution >= 4 is 29.1 Å². The summed E-state index contributed by atoms with van der Waals surface area (Å²) in [5.74, 6) is -1.66.